The molecule has 0 aliphatic carbocycles. The number of rotatable bonds is 2. The van der Waals surface area contributed by atoms with Crippen LogP contribution in [0.15, 0.2) is 36.4 Å². The molecule has 2 aromatic carbocycles. The lowest BCUT2D eigenvalue weighted by molar-refractivity contribution is 0.102. The summed E-state index contributed by atoms with van der Waals surface area (Å²) in [5.41, 5.74) is 7.40. The zero-order valence-corrected chi connectivity index (χ0v) is 10.3. The lowest BCUT2D eigenvalue weighted by Gasteiger charge is -2.09. The number of carbonyl (C=O) groups is 1. The maximum absolute atomic E-state index is 13.5. The van der Waals surface area contributed by atoms with Crippen LogP contribution in [0.3, 0.4) is 0 Å². The highest BCUT2D eigenvalue weighted by atomic mass is 19.1. The average Bonchev–Trinajstić information content (AvgIpc) is 2.32. The van der Waals surface area contributed by atoms with Gasteiger partial charge in [-0.15, -0.1) is 0 Å². The van der Waals surface area contributed by atoms with Crippen LogP contribution in [-0.4, -0.2) is 11.0 Å². The van der Waals surface area contributed by atoms with Crippen molar-refractivity contribution in [2.24, 2.45) is 0 Å². The molecule has 0 aliphatic heterocycles. The second kappa shape index (κ2) is 4.97. The number of phenols is 1. The Morgan fingerprint density at radius 1 is 1.26 bits per heavy atom. The van der Waals surface area contributed by atoms with Crippen molar-refractivity contribution in [3.63, 3.8) is 0 Å². The molecular weight excluding hydrogens is 247 g/mol. The standard InChI is InChI=1S/C14H13FN2O2/c1-8-2-5-13(12(16)6-8)17-14(19)10-4-3-9(18)7-11(10)15/h2-7,18H,16H2,1H3,(H,17,19). The Morgan fingerprint density at radius 3 is 2.63 bits per heavy atom. The number of anilines is 2. The number of nitrogens with one attached hydrogen (secondary N) is 1. The van der Waals surface area contributed by atoms with E-state index in [0.717, 1.165) is 11.6 Å². The van der Waals surface area contributed by atoms with Gasteiger partial charge in [0.25, 0.3) is 5.91 Å². The molecule has 0 aliphatic rings. The fraction of sp³-hybridized carbons (Fsp3) is 0.0714. The van der Waals surface area contributed by atoms with E-state index >= 15 is 0 Å². The third kappa shape index (κ3) is 2.82. The fourth-order valence-electron chi connectivity index (χ4n) is 1.67. The number of nitrogens with two attached hydrogens (primary N) is 1. The van der Waals surface area contributed by atoms with E-state index in [4.69, 9.17) is 10.8 Å². The number of amides is 1. The smallest absolute Gasteiger partial charge is 0.258 e. The van der Waals surface area contributed by atoms with E-state index in [1.165, 1.54) is 12.1 Å². The quantitative estimate of drug-likeness (QED) is 0.727. The van der Waals surface area contributed by atoms with Crippen molar-refractivity contribution >= 4 is 17.3 Å². The number of aromatic hydroxyl groups is 1. The van der Waals surface area contributed by atoms with Gasteiger partial charge in [0, 0.05) is 6.07 Å². The van der Waals surface area contributed by atoms with Gasteiger partial charge < -0.3 is 16.2 Å². The van der Waals surface area contributed by atoms with Crippen LogP contribution in [0.1, 0.15) is 15.9 Å². The number of aryl methyl sites for hydroxylation is 1. The van der Waals surface area contributed by atoms with Crippen LogP contribution in [0.5, 0.6) is 5.75 Å². The Morgan fingerprint density at radius 2 is 2.00 bits per heavy atom. The number of phenolic OH excluding ortho intramolecular Hbond substituents is 1. The number of hydrogen-bond acceptors (Lipinski definition) is 3. The molecule has 4 N–H and O–H groups in total. The monoisotopic (exact) mass is 260 g/mol. The summed E-state index contributed by atoms with van der Waals surface area (Å²) in [7, 11) is 0. The Kier molecular flexibility index (Phi) is 3.37. The first-order chi connectivity index (χ1) is 8.97. The summed E-state index contributed by atoms with van der Waals surface area (Å²) in [5.74, 6) is -1.64. The van der Waals surface area contributed by atoms with Gasteiger partial charge >= 0.3 is 0 Å². The molecule has 0 heterocycles. The maximum atomic E-state index is 13.5. The topological polar surface area (TPSA) is 75.3 Å². The van der Waals surface area contributed by atoms with E-state index in [9.17, 15) is 9.18 Å². The second-order valence-corrected chi connectivity index (χ2v) is 4.21. The first-order valence-electron chi connectivity index (χ1n) is 5.63. The van der Waals surface area contributed by atoms with E-state index in [2.05, 4.69) is 5.32 Å². The Hall–Kier alpha value is -2.56. The summed E-state index contributed by atoms with van der Waals surface area (Å²) >= 11 is 0. The van der Waals surface area contributed by atoms with Crippen LogP contribution in [0.2, 0.25) is 0 Å². The number of benzene rings is 2. The van der Waals surface area contributed by atoms with Gasteiger partial charge in [-0.1, -0.05) is 6.07 Å². The highest BCUT2D eigenvalue weighted by Gasteiger charge is 2.13. The lowest BCUT2D eigenvalue weighted by atomic mass is 10.1. The van der Waals surface area contributed by atoms with Gasteiger partial charge in [0.05, 0.1) is 16.9 Å². The third-order valence-corrected chi connectivity index (χ3v) is 2.65. The molecule has 0 saturated heterocycles. The van der Waals surface area contributed by atoms with Gasteiger partial charge in [-0.05, 0) is 36.8 Å². The summed E-state index contributed by atoms with van der Waals surface area (Å²) in [6.45, 7) is 1.88. The molecule has 0 bridgehead atoms. The number of nitrogen functional groups attached to an aromatic ring is 1. The highest BCUT2D eigenvalue weighted by molar-refractivity contribution is 6.06. The summed E-state index contributed by atoms with van der Waals surface area (Å²) in [4.78, 5) is 11.9. The molecule has 0 unspecified atom stereocenters. The van der Waals surface area contributed by atoms with Crippen molar-refractivity contribution in [1.29, 1.82) is 0 Å². The molecule has 2 rings (SSSR count). The van der Waals surface area contributed by atoms with Gasteiger partial charge in [0.2, 0.25) is 0 Å². The van der Waals surface area contributed by atoms with Crippen LogP contribution < -0.4 is 11.1 Å². The highest BCUT2D eigenvalue weighted by Crippen LogP contribution is 2.21. The SMILES string of the molecule is Cc1ccc(NC(=O)c2ccc(O)cc2F)c(N)c1. The molecule has 19 heavy (non-hydrogen) atoms. The van der Waals surface area contributed by atoms with E-state index < -0.39 is 11.7 Å². The van der Waals surface area contributed by atoms with Crippen molar-refractivity contribution in [3.8, 4) is 5.75 Å². The van der Waals surface area contributed by atoms with Crippen LogP contribution in [-0.2, 0) is 0 Å². The van der Waals surface area contributed by atoms with Crippen LogP contribution in [0, 0.1) is 12.7 Å². The van der Waals surface area contributed by atoms with Crippen molar-refractivity contribution in [2.75, 3.05) is 11.1 Å². The van der Waals surface area contributed by atoms with Crippen molar-refractivity contribution in [3.05, 3.63) is 53.3 Å². The largest absolute Gasteiger partial charge is 0.508 e. The van der Waals surface area contributed by atoms with E-state index in [-0.39, 0.29) is 11.3 Å². The molecule has 0 spiro atoms. The minimum absolute atomic E-state index is 0.155. The predicted octanol–water partition coefficient (Wildman–Crippen LogP) is 2.67. The molecule has 2 aromatic rings. The van der Waals surface area contributed by atoms with Gasteiger partial charge in [0.1, 0.15) is 11.6 Å². The van der Waals surface area contributed by atoms with Gasteiger partial charge in [-0.3, -0.25) is 4.79 Å². The molecule has 98 valence electrons. The summed E-state index contributed by atoms with van der Waals surface area (Å²) < 4.78 is 13.5. The Bertz CT molecular complexity index is 641. The van der Waals surface area contributed by atoms with Gasteiger partial charge in [-0.25, -0.2) is 4.39 Å². The van der Waals surface area contributed by atoms with Crippen LogP contribution in [0.4, 0.5) is 15.8 Å². The number of halogens is 1. The molecule has 0 radical (unpaired) electrons. The molecule has 4 nitrogen and oxygen atoms in total. The fourth-order valence-corrected chi connectivity index (χ4v) is 1.67. The summed E-state index contributed by atoms with van der Waals surface area (Å²) in [5, 5.41) is 11.6. The minimum Gasteiger partial charge on any atom is -0.508 e. The normalized spacial score (nSPS) is 10.2. The van der Waals surface area contributed by atoms with Gasteiger partial charge in [-0.2, -0.15) is 0 Å². The lowest BCUT2D eigenvalue weighted by Crippen LogP contribution is -2.14. The Balaban J connectivity index is 2.25. The van der Waals surface area contributed by atoms with Crippen molar-refractivity contribution < 1.29 is 14.3 Å². The zero-order chi connectivity index (χ0) is 14.0. The molecular formula is C14H13FN2O2. The molecule has 0 fully saturated rings. The summed E-state index contributed by atoms with van der Waals surface area (Å²) in [6, 6.07) is 8.50. The molecule has 0 atom stereocenters. The molecule has 1 amide bonds. The van der Waals surface area contributed by atoms with E-state index in [1.54, 1.807) is 18.2 Å². The Labute approximate surface area is 109 Å². The van der Waals surface area contributed by atoms with E-state index in [0.29, 0.717) is 11.4 Å². The predicted molar refractivity (Wildman–Crippen MR) is 71.6 cm³/mol. The third-order valence-electron chi connectivity index (χ3n) is 2.65. The zero-order valence-electron chi connectivity index (χ0n) is 10.3. The second-order valence-electron chi connectivity index (χ2n) is 4.21. The van der Waals surface area contributed by atoms with E-state index in [1.807, 2.05) is 6.92 Å². The average molecular weight is 260 g/mol. The molecule has 0 aromatic heterocycles. The van der Waals surface area contributed by atoms with Crippen LogP contribution >= 0.6 is 0 Å². The summed E-state index contributed by atoms with van der Waals surface area (Å²) in [6.07, 6.45) is 0. The van der Waals surface area contributed by atoms with Crippen molar-refractivity contribution in [1.82, 2.24) is 0 Å². The van der Waals surface area contributed by atoms with Gasteiger partial charge in [0.15, 0.2) is 0 Å². The van der Waals surface area contributed by atoms with Crippen LogP contribution in [0.25, 0.3) is 0 Å². The maximum Gasteiger partial charge on any atom is 0.258 e. The number of carbonyl (C=O) groups excluding carboxylic acids is 1. The molecule has 5 heteroatoms. The minimum atomic E-state index is -0.789. The first kappa shape index (κ1) is 12.9. The molecule has 0 saturated carbocycles. The first-order valence-corrected chi connectivity index (χ1v) is 5.63. The number of hydrogen-bond donors (Lipinski definition) is 3. The van der Waals surface area contributed by atoms with Crippen molar-refractivity contribution in [2.45, 2.75) is 6.92 Å².